The number of nitrogens with zero attached hydrogens (tertiary/aromatic N) is 3. The van der Waals surface area contributed by atoms with Gasteiger partial charge in [-0.1, -0.05) is 42.5 Å². The molecule has 0 spiro atoms. The Bertz CT molecular complexity index is 1370. The lowest BCUT2D eigenvalue weighted by atomic mass is 10.00. The Morgan fingerprint density at radius 1 is 0.973 bits per heavy atom. The van der Waals surface area contributed by atoms with Gasteiger partial charge in [-0.15, -0.1) is 0 Å². The van der Waals surface area contributed by atoms with E-state index in [4.69, 9.17) is 4.74 Å². The van der Waals surface area contributed by atoms with Gasteiger partial charge < -0.3 is 9.64 Å². The van der Waals surface area contributed by atoms with Crippen molar-refractivity contribution in [2.45, 2.75) is 32.4 Å². The van der Waals surface area contributed by atoms with Gasteiger partial charge >= 0.3 is 6.09 Å². The van der Waals surface area contributed by atoms with E-state index in [1.165, 1.54) is 9.21 Å². The molecule has 0 aromatic heterocycles. The molecule has 0 aliphatic carbocycles. The number of piperidine rings is 1. The van der Waals surface area contributed by atoms with Crippen LogP contribution in [0, 0.1) is 0 Å². The third-order valence-corrected chi connectivity index (χ3v) is 7.76. The van der Waals surface area contributed by atoms with Crippen LogP contribution in [0.25, 0.3) is 10.8 Å². The van der Waals surface area contributed by atoms with E-state index >= 15 is 0 Å². The van der Waals surface area contributed by atoms with Gasteiger partial charge in [0, 0.05) is 24.5 Å². The van der Waals surface area contributed by atoms with Crippen LogP contribution in [0.4, 0.5) is 10.5 Å². The molecule has 1 saturated heterocycles. The monoisotopic (exact) mass is 521 g/mol. The van der Waals surface area contributed by atoms with Gasteiger partial charge in [0.25, 0.3) is 23.1 Å². The summed E-state index contributed by atoms with van der Waals surface area (Å²) in [4.78, 5) is 40.8. The number of benzene rings is 3. The summed E-state index contributed by atoms with van der Waals surface area (Å²) in [5.41, 5.74) is 2.13. The third-order valence-electron chi connectivity index (χ3n) is 6.93. The fraction of sp³-hybridized carbons (Fsp3) is 0.296. The Morgan fingerprint density at radius 2 is 1.57 bits per heavy atom. The zero-order chi connectivity index (χ0) is 26.1. The molecule has 1 N–H and O–H groups in total. The summed E-state index contributed by atoms with van der Waals surface area (Å²) in [5, 5.41) is 1.53. The van der Waals surface area contributed by atoms with Crippen molar-refractivity contribution in [1.29, 1.82) is 0 Å². The maximum absolute atomic E-state index is 12.9. The van der Waals surface area contributed by atoms with Crippen LogP contribution >= 0.6 is 0 Å². The summed E-state index contributed by atoms with van der Waals surface area (Å²) in [5.74, 6) is -0.666. The summed E-state index contributed by atoms with van der Waals surface area (Å²) in [6.45, 7) is 2.99. The van der Waals surface area contributed by atoms with Gasteiger partial charge in [-0.2, -0.15) is 0 Å². The average Bonchev–Trinajstić information content (AvgIpc) is 3.15. The van der Waals surface area contributed by atoms with Crippen LogP contribution in [0.3, 0.4) is 0 Å². The highest BCUT2D eigenvalue weighted by atomic mass is 32.2. The molecule has 10 heteroatoms. The predicted octanol–water partition coefficient (Wildman–Crippen LogP) is 4.20. The Hall–Kier alpha value is -3.76. The topological polar surface area (TPSA) is 107 Å². The number of likely N-dealkylation sites (tertiary alicyclic amines) is 1. The molecule has 192 valence electrons. The van der Waals surface area contributed by atoms with E-state index in [0.29, 0.717) is 49.4 Å². The zero-order valence-corrected chi connectivity index (χ0v) is 21.1. The summed E-state index contributed by atoms with van der Waals surface area (Å²) in [6, 6.07) is 17.5. The number of imide groups is 1. The summed E-state index contributed by atoms with van der Waals surface area (Å²) >= 11 is -2.30. The molecule has 1 fully saturated rings. The van der Waals surface area contributed by atoms with Gasteiger partial charge in [0.05, 0.1) is 30.0 Å². The van der Waals surface area contributed by atoms with Gasteiger partial charge in [0.15, 0.2) is 0 Å². The van der Waals surface area contributed by atoms with Crippen molar-refractivity contribution in [3.05, 3.63) is 77.4 Å². The molecule has 9 nitrogen and oxygen atoms in total. The quantitative estimate of drug-likeness (QED) is 0.385. The summed E-state index contributed by atoms with van der Waals surface area (Å²) < 4.78 is 29.4. The van der Waals surface area contributed by atoms with Crippen molar-refractivity contribution in [2.24, 2.45) is 0 Å². The first-order valence-electron chi connectivity index (χ1n) is 12.2. The van der Waals surface area contributed by atoms with Crippen LogP contribution in [0.1, 0.15) is 46.0 Å². The van der Waals surface area contributed by atoms with Crippen molar-refractivity contribution < 1.29 is 27.9 Å². The number of carbonyl (C=O) groups is 3. The second-order valence-corrected chi connectivity index (χ2v) is 9.86. The molecule has 0 saturated carbocycles. The molecule has 2 heterocycles. The Kier molecular flexibility index (Phi) is 6.94. The molecular formula is C27H27N3O6S. The predicted molar refractivity (Wildman–Crippen MR) is 139 cm³/mol. The van der Waals surface area contributed by atoms with E-state index in [2.05, 4.69) is 0 Å². The first-order chi connectivity index (χ1) is 17.9. The van der Waals surface area contributed by atoms with E-state index in [9.17, 15) is 23.1 Å². The Morgan fingerprint density at radius 3 is 2.16 bits per heavy atom. The van der Waals surface area contributed by atoms with Gasteiger partial charge in [0.1, 0.15) is 0 Å². The fourth-order valence-electron chi connectivity index (χ4n) is 5.13. The standard InChI is InChI=1S/C27H27N3O6S/c1-2-36-27(33)28-15-13-19(14-16-28)30(37(34)35)24-12-11-18(20-7-3-4-8-21(20)24)17-29-25(31)22-9-5-6-10-23(22)26(29)32/h3-12,19H,2,13-17H2,1H3,(H,34,35). The number of amides is 3. The lowest BCUT2D eigenvalue weighted by Gasteiger charge is -2.37. The molecule has 3 amide bonds. The zero-order valence-electron chi connectivity index (χ0n) is 20.3. The van der Waals surface area contributed by atoms with Crippen LogP contribution in [-0.4, -0.2) is 62.2 Å². The smallest absolute Gasteiger partial charge is 0.409 e. The molecule has 3 aromatic carbocycles. The molecule has 5 rings (SSSR count). The number of hydrogen-bond donors (Lipinski definition) is 1. The van der Waals surface area contributed by atoms with Crippen LogP contribution in [-0.2, 0) is 22.5 Å². The molecule has 1 unspecified atom stereocenters. The highest BCUT2D eigenvalue weighted by Crippen LogP contribution is 2.35. The van der Waals surface area contributed by atoms with E-state index in [0.717, 1.165) is 16.3 Å². The van der Waals surface area contributed by atoms with Crippen LogP contribution in [0.15, 0.2) is 60.7 Å². The Balaban J connectivity index is 1.44. The molecule has 2 aliphatic rings. The number of carbonyl (C=O) groups excluding carboxylic acids is 3. The minimum absolute atomic E-state index is 0.0906. The lowest BCUT2D eigenvalue weighted by molar-refractivity contribution is 0.0642. The molecule has 0 bridgehead atoms. The van der Waals surface area contributed by atoms with Crippen molar-refractivity contribution in [3.8, 4) is 0 Å². The number of rotatable bonds is 6. The molecule has 3 aromatic rings. The molecule has 2 aliphatic heterocycles. The van der Waals surface area contributed by atoms with Crippen molar-refractivity contribution >= 4 is 45.6 Å². The molecule has 37 heavy (non-hydrogen) atoms. The third kappa shape index (κ3) is 4.58. The molecular weight excluding hydrogens is 494 g/mol. The minimum atomic E-state index is -2.30. The Labute approximate surface area is 217 Å². The van der Waals surface area contributed by atoms with Crippen molar-refractivity contribution in [1.82, 2.24) is 9.80 Å². The van der Waals surface area contributed by atoms with Crippen molar-refractivity contribution in [2.75, 3.05) is 24.0 Å². The fourth-order valence-corrected chi connectivity index (χ4v) is 5.93. The minimum Gasteiger partial charge on any atom is -0.450 e. The largest absolute Gasteiger partial charge is 0.450 e. The highest BCUT2D eigenvalue weighted by Gasteiger charge is 2.36. The number of hydrogen-bond acceptors (Lipinski definition) is 5. The van der Waals surface area contributed by atoms with Gasteiger partial charge in [-0.25, -0.2) is 9.00 Å². The normalized spacial score (nSPS) is 16.7. The second-order valence-electron chi connectivity index (χ2n) is 9.01. The summed E-state index contributed by atoms with van der Waals surface area (Å²) in [6.07, 6.45) is 0.646. The second kappa shape index (κ2) is 10.3. The SMILES string of the molecule is CCOC(=O)N1CCC(N(c2ccc(CN3C(=O)c4ccccc4C3=O)c3ccccc23)S(=O)O)CC1. The molecule has 1 atom stereocenters. The van der Waals surface area contributed by atoms with E-state index in [1.807, 2.05) is 24.3 Å². The molecule has 0 radical (unpaired) electrons. The number of ether oxygens (including phenoxy) is 1. The summed E-state index contributed by atoms with van der Waals surface area (Å²) in [7, 11) is 0. The van der Waals surface area contributed by atoms with Crippen LogP contribution in [0.5, 0.6) is 0 Å². The maximum Gasteiger partial charge on any atom is 0.409 e. The van der Waals surface area contributed by atoms with Gasteiger partial charge in [-0.05, 0) is 48.9 Å². The first kappa shape index (κ1) is 24.9. The number of fused-ring (bicyclic) bond motifs is 2. The number of anilines is 1. The van der Waals surface area contributed by atoms with Crippen LogP contribution in [0.2, 0.25) is 0 Å². The lowest BCUT2D eigenvalue weighted by Crippen LogP contribution is -2.47. The van der Waals surface area contributed by atoms with Crippen LogP contribution < -0.4 is 4.31 Å². The average molecular weight is 522 g/mol. The van der Waals surface area contributed by atoms with Gasteiger partial charge in [0.2, 0.25) is 0 Å². The maximum atomic E-state index is 12.9. The van der Waals surface area contributed by atoms with E-state index in [1.54, 1.807) is 48.2 Å². The van der Waals surface area contributed by atoms with Crippen molar-refractivity contribution in [3.63, 3.8) is 0 Å². The van der Waals surface area contributed by atoms with E-state index in [-0.39, 0.29) is 30.5 Å². The first-order valence-corrected chi connectivity index (χ1v) is 13.2. The van der Waals surface area contributed by atoms with E-state index < -0.39 is 11.3 Å². The highest BCUT2D eigenvalue weighted by molar-refractivity contribution is 7.80. The van der Waals surface area contributed by atoms with Gasteiger partial charge in [-0.3, -0.25) is 23.3 Å².